The second-order valence-corrected chi connectivity index (χ2v) is 6.36. The molecule has 2 aromatic rings. The van der Waals surface area contributed by atoms with Gasteiger partial charge in [0, 0.05) is 18.7 Å². The maximum atomic E-state index is 10.6. The van der Waals surface area contributed by atoms with Gasteiger partial charge < -0.3 is 25.2 Å². The van der Waals surface area contributed by atoms with Crippen LogP contribution < -0.4 is 20.1 Å². The molecular formula is C22H31N3O3. The summed E-state index contributed by atoms with van der Waals surface area (Å²) in [7, 11) is 3.18. The second kappa shape index (κ2) is 11.9. The van der Waals surface area contributed by atoms with Gasteiger partial charge in [-0.25, -0.2) is 0 Å². The van der Waals surface area contributed by atoms with Crippen molar-refractivity contribution < 1.29 is 14.6 Å². The summed E-state index contributed by atoms with van der Waals surface area (Å²) in [6.07, 6.45) is 1.22. The van der Waals surface area contributed by atoms with Crippen LogP contribution in [0.1, 0.15) is 30.6 Å². The highest BCUT2D eigenvalue weighted by atomic mass is 16.5. The Kier molecular flexibility index (Phi) is 9.15. The summed E-state index contributed by atoms with van der Waals surface area (Å²) in [6.45, 7) is 3.79. The SMILES string of the molecule is CCNC(=NCC(O)c1cc(OC)ccc1OC)NCCCc1ccccc1. The van der Waals surface area contributed by atoms with Crippen molar-refractivity contribution in [3.05, 3.63) is 59.7 Å². The van der Waals surface area contributed by atoms with Crippen molar-refractivity contribution in [3.8, 4) is 11.5 Å². The summed E-state index contributed by atoms with van der Waals surface area (Å²) in [4.78, 5) is 4.51. The van der Waals surface area contributed by atoms with E-state index in [1.807, 2.05) is 13.0 Å². The van der Waals surface area contributed by atoms with E-state index < -0.39 is 6.10 Å². The molecule has 6 nitrogen and oxygen atoms in total. The van der Waals surface area contributed by atoms with Crippen molar-refractivity contribution in [3.63, 3.8) is 0 Å². The van der Waals surface area contributed by atoms with Crippen molar-refractivity contribution in [1.82, 2.24) is 10.6 Å². The molecule has 2 aromatic carbocycles. The highest BCUT2D eigenvalue weighted by Gasteiger charge is 2.14. The second-order valence-electron chi connectivity index (χ2n) is 6.36. The summed E-state index contributed by atoms with van der Waals surface area (Å²) in [5.41, 5.74) is 1.98. The first-order chi connectivity index (χ1) is 13.7. The van der Waals surface area contributed by atoms with Crippen molar-refractivity contribution >= 4 is 5.96 Å². The minimum atomic E-state index is -0.787. The Balaban J connectivity index is 1.92. The van der Waals surface area contributed by atoms with Gasteiger partial charge >= 0.3 is 0 Å². The highest BCUT2D eigenvalue weighted by molar-refractivity contribution is 5.79. The Bertz CT molecular complexity index is 735. The van der Waals surface area contributed by atoms with E-state index in [1.165, 1.54) is 5.56 Å². The predicted octanol–water partition coefficient (Wildman–Crippen LogP) is 2.93. The summed E-state index contributed by atoms with van der Waals surface area (Å²) < 4.78 is 10.6. The molecule has 0 bridgehead atoms. The average molecular weight is 386 g/mol. The fourth-order valence-corrected chi connectivity index (χ4v) is 2.86. The fourth-order valence-electron chi connectivity index (χ4n) is 2.86. The van der Waals surface area contributed by atoms with Gasteiger partial charge in [-0.15, -0.1) is 0 Å². The van der Waals surface area contributed by atoms with Gasteiger partial charge in [-0.2, -0.15) is 0 Å². The van der Waals surface area contributed by atoms with Gasteiger partial charge in [0.05, 0.1) is 20.8 Å². The third-order valence-electron chi connectivity index (χ3n) is 4.34. The molecule has 152 valence electrons. The number of aliphatic hydroxyl groups excluding tert-OH is 1. The first-order valence-corrected chi connectivity index (χ1v) is 9.64. The molecule has 2 rings (SSSR count). The third kappa shape index (κ3) is 6.78. The maximum absolute atomic E-state index is 10.6. The van der Waals surface area contributed by atoms with E-state index in [0.717, 1.165) is 25.9 Å². The number of guanidine groups is 1. The molecule has 0 aliphatic heterocycles. The molecule has 3 N–H and O–H groups in total. The predicted molar refractivity (Wildman–Crippen MR) is 113 cm³/mol. The lowest BCUT2D eigenvalue weighted by Gasteiger charge is -2.16. The fraction of sp³-hybridized carbons (Fsp3) is 0.409. The van der Waals surface area contributed by atoms with E-state index in [9.17, 15) is 5.11 Å². The van der Waals surface area contributed by atoms with E-state index in [-0.39, 0.29) is 6.54 Å². The number of ether oxygens (including phenoxy) is 2. The van der Waals surface area contributed by atoms with Crippen molar-refractivity contribution in [1.29, 1.82) is 0 Å². The Morgan fingerprint density at radius 2 is 1.86 bits per heavy atom. The highest BCUT2D eigenvalue weighted by Crippen LogP contribution is 2.29. The standard InChI is InChI=1S/C22H31N3O3/c1-4-23-22(24-14-8-11-17-9-6-5-7-10-17)25-16-20(26)19-15-18(27-2)12-13-21(19)28-3/h5-7,9-10,12-13,15,20,26H,4,8,11,14,16H2,1-3H3,(H2,23,24,25). The first kappa shape index (κ1) is 21.6. The third-order valence-corrected chi connectivity index (χ3v) is 4.34. The lowest BCUT2D eigenvalue weighted by molar-refractivity contribution is 0.182. The smallest absolute Gasteiger partial charge is 0.191 e. The van der Waals surface area contributed by atoms with Gasteiger partial charge in [-0.1, -0.05) is 30.3 Å². The minimum absolute atomic E-state index is 0.220. The lowest BCUT2D eigenvalue weighted by Crippen LogP contribution is -2.38. The minimum Gasteiger partial charge on any atom is -0.497 e. The van der Waals surface area contributed by atoms with Crippen molar-refractivity contribution in [2.45, 2.75) is 25.9 Å². The molecule has 0 fully saturated rings. The summed E-state index contributed by atoms with van der Waals surface area (Å²) in [5, 5.41) is 17.1. The molecule has 0 aliphatic carbocycles. The Labute approximate surface area is 167 Å². The van der Waals surface area contributed by atoms with Crippen molar-refractivity contribution in [2.75, 3.05) is 33.9 Å². The quantitative estimate of drug-likeness (QED) is 0.333. The lowest BCUT2D eigenvalue weighted by atomic mass is 10.1. The normalized spacial score (nSPS) is 12.4. The number of methoxy groups -OCH3 is 2. The van der Waals surface area contributed by atoms with Crippen LogP contribution in [0.3, 0.4) is 0 Å². The molecule has 0 saturated carbocycles. The molecule has 28 heavy (non-hydrogen) atoms. The number of hydrogen-bond donors (Lipinski definition) is 3. The van der Waals surface area contributed by atoms with Crippen LogP contribution in [0.4, 0.5) is 0 Å². The van der Waals surface area contributed by atoms with E-state index in [2.05, 4.69) is 39.9 Å². The van der Waals surface area contributed by atoms with Crippen LogP contribution in [-0.4, -0.2) is 44.9 Å². The van der Waals surface area contributed by atoms with E-state index in [1.54, 1.807) is 32.4 Å². The van der Waals surface area contributed by atoms with Crippen LogP contribution in [0.2, 0.25) is 0 Å². The Morgan fingerprint density at radius 1 is 1.07 bits per heavy atom. The van der Waals surface area contributed by atoms with Crippen LogP contribution in [0.15, 0.2) is 53.5 Å². The largest absolute Gasteiger partial charge is 0.497 e. The number of nitrogens with zero attached hydrogens (tertiary/aromatic N) is 1. The zero-order chi connectivity index (χ0) is 20.2. The van der Waals surface area contributed by atoms with E-state index in [4.69, 9.17) is 9.47 Å². The topological polar surface area (TPSA) is 75.1 Å². The van der Waals surface area contributed by atoms with Gasteiger partial charge in [0.15, 0.2) is 5.96 Å². The molecule has 0 aromatic heterocycles. The number of benzene rings is 2. The maximum Gasteiger partial charge on any atom is 0.191 e. The molecule has 0 aliphatic rings. The van der Waals surface area contributed by atoms with Gasteiger partial charge in [0.2, 0.25) is 0 Å². The molecule has 0 spiro atoms. The van der Waals surface area contributed by atoms with Crippen LogP contribution in [0.25, 0.3) is 0 Å². The van der Waals surface area contributed by atoms with Gasteiger partial charge in [0.25, 0.3) is 0 Å². The number of aliphatic imine (C=N–C) groups is 1. The molecule has 1 unspecified atom stereocenters. The molecule has 1 atom stereocenters. The molecule has 0 radical (unpaired) electrons. The number of aliphatic hydroxyl groups is 1. The number of aryl methyl sites for hydroxylation is 1. The van der Waals surface area contributed by atoms with Gasteiger partial charge in [-0.3, -0.25) is 4.99 Å². The van der Waals surface area contributed by atoms with Gasteiger partial charge in [0.1, 0.15) is 17.6 Å². The number of rotatable bonds is 10. The number of hydrogen-bond acceptors (Lipinski definition) is 4. The Morgan fingerprint density at radius 3 is 2.54 bits per heavy atom. The number of nitrogens with one attached hydrogen (secondary N) is 2. The zero-order valence-electron chi connectivity index (χ0n) is 16.9. The molecule has 6 heteroatoms. The monoisotopic (exact) mass is 385 g/mol. The molecule has 0 amide bonds. The zero-order valence-corrected chi connectivity index (χ0v) is 16.9. The molecule has 0 saturated heterocycles. The van der Waals surface area contributed by atoms with Crippen LogP contribution in [0, 0.1) is 0 Å². The average Bonchev–Trinajstić information content (AvgIpc) is 2.74. The van der Waals surface area contributed by atoms with Crippen LogP contribution in [0.5, 0.6) is 11.5 Å². The molecular weight excluding hydrogens is 354 g/mol. The summed E-state index contributed by atoms with van der Waals surface area (Å²) in [5.74, 6) is 1.98. The first-order valence-electron chi connectivity index (χ1n) is 9.64. The van der Waals surface area contributed by atoms with E-state index >= 15 is 0 Å². The van der Waals surface area contributed by atoms with Crippen molar-refractivity contribution in [2.24, 2.45) is 4.99 Å². The summed E-state index contributed by atoms with van der Waals surface area (Å²) in [6, 6.07) is 15.8. The molecule has 0 heterocycles. The summed E-state index contributed by atoms with van der Waals surface area (Å²) >= 11 is 0. The Hall–Kier alpha value is -2.73. The van der Waals surface area contributed by atoms with Crippen LogP contribution in [-0.2, 0) is 6.42 Å². The van der Waals surface area contributed by atoms with E-state index in [0.29, 0.717) is 23.0 Å². The van der Waals surface area contributed by atoms with Gasteiger partial charge in [-0.05, 0) is 43.5 Å². The van der Waals surface area contributed by atoms with Crippen LogP contribution >= 0.6 is 0 Å².